The molecule has 0 aliphatic carbocycles. The molecule has 1 aromatic heterocycles. The molecule has 0 saturated carbocycles. The molecular weight excluding hydrogens is 316 g/mol. The second kappa shape index (κ2) is 7.74. The third-order valence-corrected chi connectivity index (χ3v) is 3.53. The first-order valence-corrected chi connectivity index (χ1v) is 7.58. The molecule has 23 heavy (non-hydrogen) atoms. The van der Waals surface area contributed by atoms with Crippen LogP contribution in [0.1, 0.15) is 35.7 Å². The van der Waals surface area contributed by atoms with Gasteiger partial charge in [0.15, 0.2) is 0 Å². The highest BCUT2D eigenvalue weighted by atomic mass is 35.5. The number of hydrogen-bond donors (Lipinski definition) is 1. The predicted octanol–water partition coefficient (Wildman–Crippen LogP) is 3.65. The Bertz CT molecular complexity index is 684. The van der Waals surface area contributed by atoms with E-state index in [9.17, 15) is 9.59 Å². The van der Waals surface area contributed by atoms with Crippen LogP contribution in [-0.4, -0.2) is 23.5 Å². The van der Waals surface area contributed by atoms with E-state index in [0.717, 1.165) is 5.56 Å². The molecule has 0 aliphatic heterocycles. The summed E-state index contributed by atoms with van der Waals surface area (Å²) in [4.78, 5) is 27.9. The Morgan fingerprint density at radius 1 is 1.22 bits per heavy atom. The summed E-state index contributed by atoms with van der Waals surface area (Å²) in [5, 5.41) is 3.26. The summed E-state index contributed by atoms with van der Waals surface area (Å²) < 4.78 is 4.97. The molecule has 1 atom stereocenters. The number of nitrogens with one attached hydrogen (secondary N) is 1. The van der Waals surface area contributed by atoms with Gasteiger partial charge in [-0.2, -0.15) is 0 Å². The molecule has 120 valence electrons. The number of carbonyl (C=O) groups is 2. The number of rotatable bonds is 5. The molecule has 2 aromatic rings. The van der Waals surface area contributed by atoms with Crippen molar-refractivity contribution in [2.24, 2.45) is 0 Å². The van der Waals surface area contributed by atoms with E-state index < -0.39 is 5.92 Å². The lowest BCUT2D eigenvalue weighted by Crippen LogP contribution is -2.15. The monoisotopic (exact) mass is 332 g/mol. The molecule has 2 rings (SSSR count). The van der Waals surface area contributed by atoms with Gasteiger partial charge >= 0.3 is 5.97 Å². The van der Waals surface area contributed by atoms with Crippen LogP contribution in [0.2, 0.25) is 5.02 Å². The van der Waals surface area contributed by atoms with Gasteiger partial charge in [0.25, 0.3) is 5.91 Å². The van der Waals surface area contributed by atoms with Gasteiger partial charge in [0, 0.05) is 16.8 Å². The van der Waals surface area contributed by atoms with Crippen molar-refractivity contribution in [2.45, 2.75) is 19.8 Å². The lowest BCUT2D eigenvalue weighted by molar-refractivity contribution is -0.144. The Hall–Kier alpha value is -2.40. The smallest absolute Gasteiger partial charge is 0.313 e. The number of anilines is 1. The SMILES string of the molecule is CCOC(=O)[C@@H](C)c1ccc(NC(=O)c2ccc(Cl)cc2)nc1. The number of esters is 1. The van der Waals surface area contributed by atoms with Crippen molar-refractivity contribution in [2.75, 3.05) is 11.9 Å². The van der Waals surface area contributed by atoms with Crippen molar-refractivity contribution < 1.29 is 14.3 Å². The Morgan fingerprint density at radius 3 is 2.48 bits per heavy atom. The first kappa shape index (κ1) is 17.0. The second-order valence-corrected chi connectivity index (χ2v) is 5.35. The lowest BCUT2D eigenvalue weighted by atomic mass is 10.0. The Morgan fingerprint density at radius 2 is 1.91 bits per heavy atom. The van der Waals surface area contributed by atoms with Crippen LogP contribution in [0.15, 0.2) is 42.6 Å². The van der Waals surface area contributed by atoms with Gasteiger partial charge in [0.05, 0.1) is 12.5 Å². The minimum absolute atomic E-state index is 0.277. The van der Waals surface area contributed by atoms with Gasteiger partial charge in [0.2, 0.25) is 0 Å². The molecule has 0 aliphatic rings. The van der Waals surface area contributed by atoms with Crippen LogP contribution in [-0.2, 0) is 9.53 Å². The molecule has 0 saturated heterocycles. The molecule has 6 heteroatoms. The summed E-state index contributed by atoms with van der Waals surface area (Å²) in [6, 6.07) is 9.96. The molecule has 0 bridgehead atoms. The number of pyridine rings is 1. The van der Waals surface area contributed by atoms with E-state index in [4.69, 9.17) is 16.3 Å². The number of halogens is 1. The fourth-order valence-corrected chi connectivity index (χ4v) is 2.05. The van der Waals surface area contributed by atoms with Crippen LogP contribution in [0.5, 0.6) is 0 Å². The number of ether oxygens (including phenoxy) is 1. The van der Waals surface area contributed by atoms with Crippen molar-refractivity contribution in [3.8, 4) is 0 Å². The van der Waals surface area contributed by atoms with Gasteiger partial charge in [-0.25, -0.2) is 4.98 Å². The summed E-state index contributed by atoms with van der Waals surface area (Å²) >= 11 is 5.79. The maximum absolute atomic E-state index is 12.1. The standard InChI is InChI=1S/C17H17ClN2O3/c1-3-23-17(22)11(2)13-6-9-15(19-10-13)20-16(21)12-4-7-14(18)8-5-12/h4-11H,3H2,1-2H3,(H,19,20,21)/t11-/m0/s1. The minimum Gasteiger partial charge on any atom is -0.466 e. The average Bonchev–Trinajstić information content (AvgIpc) is 2.55. The molecule has 1 aromatic carbocycles. The molecule has 0 fully saturated rings. The number of nitrogens with zero attached hydrogens (tertiary/aromatic N) is 1. The largest absolute Gasteiger partial charge is 0.466 e. The van der Waals surface area contributed by atoms with Crippen molar-refractivity contribution in [1.82, 2.24) is 4.98 Å². The van der Waals surface area contributed by atoms with Gasteiger partial charge in [-0.1, -0.05) is 17.7 Å². The van der Waals surface area contributed by atoms with Crippen LogP contribution in [0.4, 0.5) is 5.82 Å². The molecule has 0 unspecified atom stereocenters. The van der Waals surface area contributed by atoms with E-state index in [1.165, 1.54) is 0 Å². The second-order valence-electron chi connectivity index (χ2n) is 4.91. The highest BCUT2D eigenvalue weighted by Crippen LogP contribution is 2.18. The van der Waals surface area contributed by atoms with E-state index in [2.05, 4.69) is 10.3 Å². The maximum Gasteiger partial charge on any atom is 0.313 e. The summed E-state index contributed by atoms with van der Waals surface area (Å²) in [6.45, 7) is 3.85. The minimum atomic E-state index is -0.400. The van der Waals surface area contributed by atoms with Crippen molar-refractivity contribution in [3.63, 3.8) is 0 Å². The molecule has 0 radical (unpaired) electrons. The quantitative estimate of drug-likeness (QED) is 0.848. The third-order valence-electron chi connectivity index (χ3n) is 3.27. The number of hydrogen-bond acceptors (Lipinski definition) is 4. The van der Waals surface area contributed by atoms with Crippen molar-refractivity contribution >= 4 is 29.3 Å². The number of aromatic nitrogens is 1. The van der Waals surface area contributed by atoms with E-state index >= 15 is 0 Å². The normalized spacial score (nSPS) is 11.6. The third kappa shape index (κ3) is 4.53. The van der Waals surface area contributed by atoms with Crippen molar-refractivity contribution in [1.29, 1.82) is 0 Å². The van der Waals surface area contributed by atoms with Crippen LogP contribution in [0, 0.1) is 0 Å². The predicted molar refractivity (Wildman–Crippen MR) is 88.7 cm³/mol. The van der Waals surface area contributed by atoms with Gasteiger partial charge in [0.1, 0.15) is 5.82 Å². The Kier molecular flexibility index (Phi) is 5.71. The van der Waals surface area contributed by atoms with Gasteiger partial charge in [-0.15, -0.1) is 0 Å². The van der Waals surface area contributed by atoms with Crippen molar-refractivity contribution in [3.05, 3.63) is 58.7 Å². The van der Waals surface area contributed by atoms with E-state index in [1.807, 2.05) is 0 Å². The van der Waals surface area contributed by atoms with E-state index in [0.29, 0.717) is 23.0 Å². The molecule has 1 amide bonds. The Balaban J connectivity index is 2.03. The highest BCUT2D eigenvalue weighted by Gasteiger charge is 2.16. The highest BCUT2D eigenvalue weighted by molar-refractivity contribution is 6.30. The number of amides is 1. The topological polar surface area (TPSA) is 68.3 Å². The van der Waals surface area contributed by atoms with E-state index in [-0.39, 0.29) is 11.9 Å². The summed E-state index contributed by atoms with van der Waals surface area (Å²) in [5.74, 6) is -0.569. The Labute approximate surface area is 139 Å². The van der Waals surface area contributed by atoms with Crippen LogP contribution in [0.25, 0.3) is 0 Å². The summed E-state index contributed by atoms with van der Waals surface area (Å²) in [5.41, 5.74) is 1.22. The zero-order chi connectivity index (χ0) is 16.8. The summed E-state index contributed by atoms with van der Waals surface area (Å²) in [7, 11) is 0. The molecular formula is C17H17ClN2O3. The lowest BCUT2D eigenvalue weighted by Gasteiger charge is -2.11. The van der Waals surface area contributed by atoms with Gasteiger partial charge in [-0.3, -0.25) is 9.59 Å². The number of benzene rings is 1. The van der Waals surface area contributed by atoms with Crippen LogP contribution in [0.3, 0.4) is 0 Å². The van der Waals surface area contributed by atoms with Crippen LogP contribution < -0.4 is 5.32 Å². The molecule has 1 heterocycles. The fraction of sp³-hybridized carbons (Fsp3) is 0.235. The first-order valence-electron chi connectivity index (χ1n) is 7.20. The maximum atomic E-state index is 12.1. The van der Waals surface area contributed by atoms with Crippen LogP contribution >= 0.6 is 11.6 Å². The summed E-state index contributed by atoms with van der Waals surface area (Å²) in [6.07, 6.45) is 1.55. The molecule has 0 spiro atoms. The zero-order valence-corrected chi connectivity index (χ0v) is 13.6. The number of carbonyl (C=O) groups excluding carboxylic acids is 2. The zero-order valence-electron chi connectivity index (χ0n) is 12.9. The fourth-order valence-electron chi connectivity index (χ4n) is 1.93. The van der Waals surface area contributed by atoms with E-state index in [1.54, 1.807) is 56.4 Å². The van der Waals surface area contributed by atoms with Gasteiger partial charge < -0.3 is 10.1 Å². The molecule has 5 nitrogen and oxygen atoms in total. The van der Waals surface area contributed by atoms with Gasteiger partial charge in [-0.05, 0) is 49.7 Å². The first-order chi connectivity index (χ1) is 11.0. The molecule has 1 N–H and O–H groups in total. The average molecular weight is 333 g/mol.